The van der Waals surface area contributed by atoms with Crippen LogP contribution in [0.3, 0.4) is 0 Å². The zero-order valence-electron chi connectivity index (χ0n) is 29.8. The molecule has 0 unspecified atom stereocenters. The number of carboxylic acid groups (broad SMARTS) is 1. The number of hydrogen-bond acceptors (Lipinski definition) is 7. The van der Waals surface area contributed by atoms with E-state index in [9.17, 15) is 19.5 Å². The van der Waals surface area contributed by atoms with Crippen LogP contribution in [-0.4, -0.2) is 44.4 Å². The Labute approximate surface area is 300 Å². The molecule has 4 rings (SSSR count). The molecule has 50 heavy (non-hydrogen) atoms. The fourth-order valence-electron chi connectivity index (χ4n) is 4.44. The smallest absolute Gasteiger partial charge is 0.408 e. The van der Waals surface area contributed by atoms with Crippen molar-refractivity contribution < 1.29 is 29.0 Å². The summed E-state index contributed by atoms with van der Waals surface area (Å²) in [6.45, 7) is 18.0. The number of nitrogens with one attached hydrogen (secondary N) is 2. The van der Waals surface area contributed by atoms with E-state index in [0.717, 1.165) is 32.7 Å². The number of aromatic nitrogens is 2. The first kappa shape index (κ1) is 41.5. The third-order valence-corrected chi connectivity index (χ3v) is 7.37. The molecular formula is C39H51ClN4O6. The molecule has 11 heteroatoms. The lowest BCUT2D eigenvalue weighted by atomic mass is 9.93. The summed E-state index contributed by atoms with van der Waals surface area (Å²) in [4.78, 5) is 43.4. The van der Waals surface area contributed by atoms with Crippen molar-refractivity contribution >= 4 is 57.4 Å². The average molecular weight is 707 g/mol. The van der Waals surface area contributed by atoms with E-state index in [-0.39, 0.29) is 19.5 Å². The minimum absolute atomic E-state index is 0. The maximum atomic E-state index is 12.0. The van der Waals surface area contributed by atoms with Crippen LogP contribution in [0.2, 0.25) is 5.15 Å². The highest BCUT2D eigenvalue weighted by atomic mass is 35.5. The van der Waals surface area contributed by atoms with Gasteiger partial charge >= 0.3 is 18.2 Å². The van der Waals surface area contributed by atoms with E-state index in [1.165, 1.54) is 0 Å². The summed E-state index contributed by atoms with van der Waals surface area (Å²) >= 11 is 5.91. The number of fused-ring (bicyclic) bond motifs is 2. The molecule has 0 aliphatic carbocycles. The first-order valence-corrected chi connectivity index (χ1v) is 16.4. The van der Waals surface area contributed by atoms with Gasteiger partial charge < -0.3 is 25.2 Å². The van der Waals surface area contributed by atoms with Crippen LogP contribution in [0.5, 0.6) is 0 Å². The summed E-state index contributed by atoms with van der Waals surface area (Å²) in [5.41, 5.74) is 0.563. The lowest BCUT2D eigenvalue weighted by Gasteiger charge is -2.22. The Hall–Kier alpha value is -4.70. The molecular weight excluding hydrogens is 656 g/mol. The maximum Gasteiger partial charge on any atom is 0.408 e. The van der Waals surface area contributed by atoms with E-state index < -0.39 is 34.8 Å². The Kier molecular flexibility index (Phi) is 13.9. The van der Waals surface area contributed by atoms with Crippen LogP contribution in [0.1, 0.15) is 106 Å². The van der Waals surface area contributed by atoms with Gasteiger partial charge in [0.2, 0.25) is 0 Å². The van der Waals surface area contributed by atoms with Crippen LogP contribution in [0.25, 0.3) is 27.6 Å². The highest BCUT2D eigenvalue weighted by molar-refractivity contribution is 6.30. The van der Waals surface area contributed by atoms with Crippen molar-refractivity contribution in [2.45, 2.75) is 99.9 Å². The van der Waals surface area contributed by atoms with Crippen LogP contribution in [0.15, 0.2) is 67.0 Å². The monoisotopic (exact) mass is 706 g/mol. The number of alkyl carbamates (subject to hydrolysis) is 2. The topological polar surface area (TPSA) is 140 Å². The number of hydrogen-bond donors (Lipinski definition) is 3. The zero-order valence-corrected chi connectivity index (χ0v) is 30.6. The summed E-state index contributed by atoms with van der Waals surface area (Å²) in [6.07, 6.45) is 5.92. The predicted molar refractivity (Wildman–Crippen MR) is 201 cm³/mol. The van der Waals surface area contributed by atoms with Gasteiger partial charge in [0.15, 0.2) is 0 Å². The van der Waals surface area contributed by atoms with E-state index in [0.29, 0.717) is 10.8 Å². The Balaban J connectivity index is 0.000000353. The second kappa shape index (κ2) is 16.8. The SMILES string of the molecule is C.C[C@@H](NC(=O)OC(C)(C)C)c1ccc2cnc(/C=C/C(C)(C)C(=O)O)cc2c1.C[C@@H](NC(=O)OC(C)(C)C)c1ccc2cnc(Cl)cc2c1. The minimum Gasteiger partial charge on any atom is -0.481 e. The van der Waals surface area contributed by atoms with Gasteiger partial charge in [-0.05, 0) is 121 Å². The fraction of sp³-hybridized carbons (Fsp3) is 0.410. The number of carbonyl (C=O) groups excluding carboxylic acids is 2. The van der Waals surface area contributed by atoms with Crippen LogP contribution in [0.4, 0.5) is 9.59 Å². The Morgan fingerprint density at radius 3 is 1.60 bits per heavy atom. The van der Waals surface area contributed by atoms with Crippen molar-refractivity contribution in [2.75, 3.05) is 0 Å². The molecule has 0 aliphatic rings. The Bertz CT molecular complexity index is 1840. The molecule has 0 spiro atoms. The van der Waals surface area contributed by atoms with Crippen LogP contribution < -0.4 is 10.6 Å². The standard InChI is InChI=1S/C22H28N2O4.C16H19ClN2O2.CH4/c1-14(24-20(27)28-21(2,3)4)15-7-8-16-13-23-18(12-17(16)11-15)9-10-22(5,6)19(25)26;1-10(19-15(20)21-16(2,3)4)11-5-6-12-9-18-14(17)8-13(12)7-11;/h7-14H,1-6H3,(H,24,27)(H,25,26);5-10H,1-4H3,(H,19,20);1H4/b10-9+;;/t14-;10-;/m11./s1. The molecule has 2 heterocycles. The van der Waals surface area contributed by atoms with Crippen LogP contribution >= 0.6 is 11.6 Å². The molecule has 4 aromatic rings. The third-order valence-electron chi connectivity index (χ3n) is 7.17. The van der Waals surface area contributed by atoms with Crippen molar-refractivity contribution in [1.29, 1.82) is 0 Å². The molecule has 0 fully saturated rings. The largest absolute Gasteiger partial charge is 0.481 e. The van der Waals surface area contributed by atoms with Gasteiger partial charge in [0.25, 0.3) is 0 Å². The quantitative estimate of drug-likeness (QED) is 0.161. The van der Waals surface area contributed by atoms with Gasteiger partial charge in [-0.1, -0.05) is 49.4 Å². The van der Waals surface area contributed by atoms with Crippen molar-refractivity contribution in [2.24, 2.45) is 5.41 Å². The molecule has 2 aromatic carbocycles. The molecule has 0 saturated carbocycles. The van der Waals surface area contributed by atoms with Crippen molar-refractivity contribution in [3.05, 3.63) is 89.0 Å². The van der Waals surface area contributed by atoms with Gasteiger partial charge in [0.1, 0.15) is 16.4 Å². The van der Waals surface area contributed by atoms with Crippen LogP contribution in [-0.2, 0) is 14.3 Å². The summed E-state index contributed by atoms with van der Waals surface area (Å²) in [7, 11) is 0. The summed E-state index contributed by atoms with van der Waals surface area (Å²) in [6, 6.07) is 15.1. The number of carboxylic acids is 1. The fourth-order valence-corrected chi connectivity index (χ4v) is 4.61. The average Bonchev–Trinajstić information content (AvgIpc) is 2.97. The number of halogens is 1. The normalized spacial score (nSPS) is 13.0. The number of aliphatic carboxylic acids is 1. The van der Waals surface area contributed by atoms with E-state index >= 15 is 0 Å². The third kappa shape index (κ3) is 13.0. The molecule has 2 amide bonds. The molecule has 0 bridgehead atoms. The predicted octanol–water partition coefficient (Wildman–Crippen LogP) is 10.1. The zero-order chi connectivity index (χ0) is 36.7. The van der Waals surface area contributed by atoms with Crippen molar-refractivity contribution in [3.8, 4) is 0 Å². The lowest BCUT2D eigenvalue weighted by molar-refractivity contribution is -0.144. The molecule has 2 aromatic heterocycles. The summed E-state index contributed by atoms with van der Waals surface area (Å²) in [5, 5.41) is 19.2. The number of ether oxygens (including phenoxy) is 2. The highest BCUT2D eigenvalue weighted by Gasteiger charge is 2.23. The van der Waals surface area contributed by atoms with Gasteiger partial charge in [-0.25, -0.2) is 14.6 Å². The highest BCUT2D eigenvalue weighted by Crippen LogP contribution is 2.24. The maximum absolute atomic E-state index is 12.0. The first-order valence-electron chi connectivity index (χ1n) is 16.0. The van der Waals surface area contributed by atoms with Gasteiger partial charge in [0.05, 0.1) is 23.2 Å². The number of carbonyl (C=O) groups is 3. The van der Waals surface area contributed by atoms with Crippen molar-refractivity contribution in [3.63, 3.8) is 0 Å². The second-order valence-corrected chi connectivity index (χ2v) is 14.8. The number of amides is 2. The molecule has 0 radical (unpaired) electrons. The Morgan fingerprint density at radius 1 is 0.720 bits per heavy atom. The van der Waals surface area contributed by atoms with Crippen LogP contribution in [0, 0.1) is 5.41 Å². The lowest BCUT2D eigenvalue weighted by Crippen LogP contribution is -2.34. The van der Waals surface area contributed by atoms with Gasteiger partial charge in [-0.2, -0.15) is 0 Å². The second-order valence-electron chi connectivity index (χ2n) is 14.4. The van der Waals surface area contributed by atoms with E-state index in [1.54, 1.807) is 44.5 Å². The molecule has 270 valence electrons. The number of pyridine rings is 2. The molecule has 0 saturated heterocycles. The Morgan fingerprint density at radius 2 is 1.16 bits per heavy atom. The van der Waals surface area contributed by atoms with Gasteiger partial charge in [-0.15, -0.1) is 0 Å². The molecule has 2 atom stereocenters. The molecule has 0 aliphatic heterocycles. The molecule has 10 nitrogen and oxygen atoms in total. The van der Waals surface area contributed by atoms with Gasteiger partial charge in [0, 0.05) is 23.2 Å². The summed E-state index contributed by atoms with van der Waals surface area (Å²) in [5.74, 6) is -0.895. The number of rotatable bonds is 7. The van der Waals surface area contributed by atoms with E-state index in [2.05, 4.69) is 20.6 Å². The summed E-state index contributed by atoms with van der Waals surface area (Å²) < 4.78 is 10.6. The number of nitrogens with zero attached hydrogens (tertiary/aromatic N) is 2. The van der Waals surface area contributed by atoms with Crippen molar-refractivity contribution in [1.82, 2.24) is 20.6 Å². The van der Waals surface area contributed by atoms with E-state index in [1.807, 2.05) is 97.9 Å². The minimum atomic E-state index is -0.968. The molecule has 3 N–H and O–H groups in total. The van der Waals surface area contributed by atoms with Gasteiger partial charge in [-0.3, -0.25) is 9.78 Å². The first-order chi connectivity index (χ1) is 22.6. The van der Waals surface area contributed by atoms with E-state index in [4.69, 9.17) is 21.1 Å². The number of benzene rings is 2.